The molecule has 0 aliphatic carbocycles. The number of imidazole rings is 1. The highest BCUT2D eigenvalue weighted by atomic mass is 31.2. The third kappa shape index (κ3) is 16.0. The van der Waals surface area contributed by atoms with Gasteiger partial charge in [0.1, 0.15) is 18.2 Å². The number of hydrogen-bond donors (Lipinski definition) is 7. The van der Waals surface area contributed by atoms with Crippen LogP contribution in [0.5, 0.6) is 0 Å². The van der Waals surface area contributed by atoms with Gasteiger partial charge in [-0.05, 0) is 24.7 Å². The molecule has 0 radical (unpaired) electrons. The summed E-state index contributed by atoms with van der Waals surface area (Å²) in [5.74, 6) is -1.76. The van der Waals surface area contributed by atoms with Crippen molar-refractivity contribution in [3.05, 3.63) is 24.8 Å². The molecular formula is C23H36N5O14P. The van der Waals surface area contributed by atoms with Crippen LogP contribution in [-0.2, 0) is 34.5 Å². The van der Waals surface area contributed by atoms with Gasteiger partial charge in [0.25, 0.3) is 0 Å². The highest BCUT2D eigenvalue weighted by molar-refractivity contribution is 7.53. The van der Waals surface area contributed by atoms with Gasteiger partial charge in [-0.3, -0.25) is 4.57 Å². The molecule has 0 bridgehead atoms. The Bertz CT molecular complexity index is 1260. The molecule has 0 aromatic carbocycles. The standard InChI is InChI=1S/C17H28N5O4P.C4H4O4.2CH2O3/c1-12(2)17(4)5-6-25-27(23,26-8-17)11-24-13(3)7-22-10-21-14-15(18)19-9-20-16(14)22;5-3(6)1-2-4(7)8;2*2-1(3)4/h9-10,12-13H,5-8,11H2,1-4H3,(H2,18,19,20);1-2H,(H,5,6)(H,7,8);2*(H2,2,3,4)/b;2-1+;;/t13-,17?,27?;;;/m0.../s1. The van der Waals surface area contributed by atoms with Gasteiger partial charge in [-0.1, -0.05) is 20.8 Å². The summed E-state index contributed by atoms with van der Waals surface area (Å²) in [6, 6.07) is 0. The molecule has 242 valence electrons. The van der Waals surface area contributed by atoms with Crippen LogP contribution in [0, 0.1) is 11.3 Å². The minimum absolute atomic E-state index is 0.0485. The van der Waals surface area contributed by atoms with E-state index in [1.165, 1.54) is 6.33 Å². The number of carboxylic acid groups (broad SMARTS) is 6. The topological polar surface area (TPSA) is 304 Å². The Morgan fingerprint density at radius 1 is 1.02 bits per heavy atom. The fourth-order valence-corrected chi connectivity index (χ4v) is 4.55. The number of anilines is 1. The van der Waals surface area contributed by atoms with Crippen molar-refractivity contribution in [2.24, 2.45) is 11.3 Å². The summed E-state index contributed by atoms with van der Waals surface area (Å²) in [6.45, 7) is 9.61. The highest BCUT2D eigenvalue weighted by Crippen LogP contribution is 2.53. The summed E-state index contributed by atoms with van der Waals surface area (Å²) in [5, 5.41) is 43.5. The molecule has 2 aromatic rings. The Balaban J connectivity index is 0.000000910. The Labute approximate surface area is 245 Å². The minimum atomic E-state index is -3.27. The molecule has 0 saturated carbocycles. The molecule has 19 nitrogen and oxygen atoms in total. The molecule has 2 aromatic heterocycles. The number of carboxylic acids is 2. The summed E-state index contributed by atoms with van der Waals surface area (Å²) < 4.78 is 31.8. The van der Waals surface area contributed by atoms with Crippen LogP contribution in [0.1, 0.15) is 34.1 Å². The Hall–Kier alpha value is -4.32. The molecule has 3 rings (SSSR count). The molecule has 1 saturated heterocycles. The fraction of sp³-hybridized carbons (Fsp3) is 0.522. The highest BCUT2D eigenvalue weighted by Gasteiger charge is 2.38. The largest absolute Gasteiger partial charge is 0.503 e. The lowest BCUT2D eigenvalue weighted by molar-refractivity contribution is -0.134. The van der Waals surface area contributed by atoms with E-state index in [1.54, 1.807) is 6.33 Å². The first-order valence-corrected chi connectivity index (χ1v) is 13.9. The van der Waals surface area contributed by atoms with E-state index >= 15 is 0 Å². The van der Waals surface area contributed by atoms with E-state index in [9.17, 15) is 14.2 Å². The van der Waals surface area contributed by atoms with Gasteiger partial charge in [-0.25, -0.2) is 34.1 Å². The van der Waals surface area contributed by atoms with Crippen molar-refractivity contribution in [1.29, 1.82) is 0 Å². The van der Waals surface area contributed by atoms with E-state index in [1.807, 2.05) is 11.5 Å². The second kappa shape index (κ2) is 18.3. The summed E-state index contributed by atoms with van der Waals surface area (Å²) >= 11 is 0. The number of ether oxygens (including phenoxy) is 1. The van der Waals surface area contributed by atoms with Crippen molar-refractivity contribution in [3.8, 4) is 0 Å². The number of nitrogens with two attached hydrogens (primary N) is 1. The molecule has 0 amide bonds. The van der Waals surface area contributed by atoms with Crippen molar-refractivity contribution in [1.82, 2.24) is 19.5 Å². The van der Waals surface area contributed by atoms with E-state index in [0.29, 0.717) is 54.8 Å². The zero-order chi connectivity index (χ0) is 33.4. The first-order valence-electron chi connectivity index (χ1n) is 12.2. The molecule has 2 unspecified atom stereocenters. The van der Waals surface area contributed by atoms with Crippen molar-refractivity contribution in [2.45, 2.75) is 46.8 Å². The SMILES string of the molecule is CC(C)C1(C)CCOP(=O)(CO[C@@H](C)Cn2cnc3c(N)ncnc32)OC1.O=C(O)/C=C/C(=O)O.O=C(O)O.O=C(O)O. The van der Waals surface area contributed by atoms with Crippen LogP contribution in [0.15, 0.2) is 24.8 Å². The number of aliphatic carboxylic acids is 2. The van der Waals surface area contributed by atoms with Gasteiger partial charge in [0.2, 0.25) is 0 Å². The molecule has 3 atom stereocenters. The maximum Gasteiger partial charge on any atom is 0.503 e. The quantitative estimate of drug-likeness (QED) is 0.161. The first-order chi connectivity index (χ1) is 19.8. The Kier molecular flexibility index (Phi) is 16.4. The molecule has 43 heavy (non-hydrogen) atoms. The second-order valence-electron chi connectivity index (χ2n) is 9.29. The van der Waals surface area contributed by atoms with Crippen LogP contribution < -0.4 is 5.73 Å². The number of rotatable bonds is 8. The van der Waals surface area contributed by atoms with E-state index in [4.69, 9.17) is 59.7 Å². The molecule has 3 heterocycles. The number of carbonyl (C=O) groups is 4. The van der Waals surface area contributed by atoms with Gasteiger partial charge in [-0.15, -0.1) is 0 Å². The lowest BCUT2D eigenvalue weighted by Crippen LogP contribution is -2.28. The van der Waals surface area contributed by atoms with Crippen LogP contribution in [0.25, 0.3) is 11.2 Å². The van der Waals surface area contributed by atoms with Crippen molar-refractivity contribution >= 4 is 48.8 Å². The number of hydrogen-bond acceptors (Lipinski definition) is 12. The van der Waals surface area contributed by atoms with Crippen LogP contribution in [0.3, 0.4) is 0 Å². The number of fused-ring (bicyclic) bond motifs is 1. The normalized spacial score (nSPS) is 20.3. The Morgan fingerprint density at radius 3 is 2.05 bits per heavy atom. The number of aromatic nitrogens is 4. The van der Waals surface area contributed by atoms with Gasteiger partial charge in [0.15, 0.2) is 11.5 Å². The zero-order valence-electron chi connectivity index (χ0n) is 23.8. The van der Waals surface area contributed by atoms with Gasteiger partial charge in [0.05, 0.1) is 32.2 Å². The van der Waals surface area contributed by atoms with Crippen molar-refractivity contribution in [2.75, 3.05) is 25.3 Å². The average Bonchev–Trinajstić information content (AvgIpc) is 3.21. The predicted molar refractivity (Wildman–Crippen MR) is 148 cm³/mol. The average molecular weight is 638 g/mol. The third-order valence-corrected chi connectivity index (χ3v) is 7.28. The van der Waals surface area contributed by atoms with Crippen molar-refractivity contribution < 1.29 is 68.2 Å². The molecule has 8 N–H and O–H groups in total. The molecule has 1 fully saturated rings. The van der Waals surface area contributed by atoms with Gasteiger partial charge < -0.3 is 54.7 Å². The second-order valence-corrected chi connectivity index (χ2v) is 11.3. The molecule has 1 aliphatic heterocycles. The molecule has 0 spiro atoms. The summed E-state index contributed by atoms with van der Waals surface area (Å²) in [5.41, 5.74) is 6.95. The summed E-state index contributed by atoms with van der Waals surface area (Å²) in [6.07, 6.45) is 0.989. The maximum atomic E-state index is 12.9. The lowest BCUT2D eigenvalue weighted by Gasteiger charge is -2.31. The van der Waals surface area contributed by atoms with Crippen LogP contribution in [0.4, 0.5) is 15.4 Å². The predicted octanol–water partition coefficient (Wildman–Crippen LogP) is 3.22. The summed E-state index contributed by atoms with van der Waals surface area (Å²) in [7, 11) is -3.27. The van der Waals surface area contributed by atoms with E-state index in [-0.39, 0.29) is 17.9 Å². The number of nitrogens with zero attached hydrogens (tertiary/aromatic N) is 4. The van der Waals surface area contributed by atoms with Gasteiger partial charge in [0, 0.05) is 12.2 Å². The fourth-order valence-electron chi connectivity index (χ4n) is 3.03. The third-order valence-electron chi connectivity index (χ3n) is 5.71. The van der Waals surface area contributed by atoms with Crippen molar-refractivity contribution in [3.63, 3.8) is 0 Å². The van der Waals surface area contributed by atoms with E-state index in [0.717, 1.165) is 6.42 Å². The van der Waals surface area contributed by atoms with Crippen LogP contribution in [0.2, 0.25) is 0 Å². The smallest absolute Gasteiger partial charge is 0.478 e. The lowest BCUT2D eigenvalue weighted by atomic mass is 9.77. The van der Waals surface area contributed by atoms with Crippen LogP contribution >= 0.6 is 7.60 Å². The molecule has 20 heteroatoms. The summed E-state index contributed by atoms with van der Waals surface area (Å²) in [4.78, 5) is 48.6. The number of nitrogen functional groups attached to an aromatic ring is 1. The molecular weight excluding hydrogens is 601 g/mol. The van der Waals surface area contributed by atoms with E-state index < -0.39 is 31.8 Å². The van der Waals surface area contributed by atoms with Crippen LogP contribution in [-0.4, -0.2) is 100 Å². The monoisotopic (exact) mass is 637 g/mol. The first kappa shape index (κ1) is 38.7. The zero-order valence-corrected chi connectivity index (χ0v) is 24.7. The van der Waals surface area contributed by atoms with Gasteiger partial charge >= 0.3 is 31.8 Å². The maximum absolute atomic E-state index is 12.9. The molecule has 1 aliphatic rings. The Morgan fingerprint density at radius 2 is 1.56 bits per heavy atom. The van der Waals surface area contributed by atoms with Gasteiger partial charge in [-0.2, -0.15) is 0 Å². The van der Waals surface area contributed by atoms with E-state index in [2.05, 4.69) is 35.7 Å². The minimum Gasteiger partial charge on any atom is -0.478 e.